The molecule has 0 atom stereocenters. The highest BCUT2D eigenvalue weighted by Gasteiger charge is 2.06. The molecule has 0 fully saturated rings. The topological polar surface area (TPSA) is 17.1 Å². The highest BCUT2D eigenvalue weighted by Crippen LogP contribution is 2.07. The zero-order valence-corrected chi connectivity index (χ0v) is 10.6. The third-order valence-electron chi connectivity index (χ3n) is 2.35. The standard InChI is InChI=1S/C13H12OSi/c14-13(10-4-2-1-3-5-10)11-6-8-12(15)9-7-11/h1-9H,15H3. The van der Waals surface area contributed by atoms with E-state index in [-0.39, 0.29) is 5.78 Å². The zero-order valence-electron chi connectivity index (χ0n) is 8.60. The van der Waals surface area contributed by atoms with Gasteiger partial charge < -0.3 is 0 Å². The Kier molecular flexibility index (Phi) is 2.78. The van der Waals surface area contributed by atoms with Crippen molar-refractivity contribution >= 4 is 21.2 Å². The van der Waals surface area contributed by atoms with Gasteiger partial charge in [-0.25, -0.2) is 0 Å². The van der Waals surface area contributed by atoms with Crippen LogP contribution < -0.4 is 5.19 Å². The molecule has 0 radical (unpaired) electrons. The third-order valence-corrected chi connectivity index (χ3v) is 3.02. The summed E-state index contributed by atoms with van der Waals surface area (Å²) < 4.78 is 0. The molecule has 0 aliphatic heterocycles. The lowest BCUT2D eigenvalue weighted by molar-refractivity contribution is 0.103. The van der Waals surface area contributed by atoms with E-state index in [0.29, 0.717) is 0 Å². The smallest absolute Gasteiger partial charge is 0.193 e. The Morgan fingerprint density at radius 2 is 1.33 bits per heavy atom. The fourth-order valence-corrected chi connectivity index (χ4v) is 1.79. The van der Waals surface area contributed by atoms with Gasteiger partial charge in [0.1, 0.15) is 0 Å². The van der Waals surface area contributed by atoms with Crippen LogP contribution in [-0.4, -0.2) is 16.0 Å². The lowest BCUT2D eigenvalue weighted by atomic mass is 10.0. The van der Waals surface area contributed by atoms with Crippen molar-refractivity contribution in [3.63, 3.8) is 0 Å². The first kappa shape index (κ1) is 9.87. The number of carbonyl (C=O) groups excluding carboxylic acids is 1. The van der Waals surface area contributed by atoms with Crippen molar-refractivity contribution in [2.45, 2.75) is 0 Å². The summed E-state index contributed by atoms with van der Waals surface area (Å²) in [5.41, 5.74) is 1.51. The maximum Gasteiger partial charge on any atom is 0.193 e. The van der Waals surface area contributed by atoms with Crippen LogP contribution in [0.1, 0.15) is 15.9 Å². The van der Waals surface area contributed by atoms with Crippen molar-refractivity contribution in [1.29, 1.82) is 0 Å². The third kappa shape index (κ3) is 2.22. The Morgan fingerprint density at radius 3 is 1.93 bits per heavy atom. The van der Waals surface area contributed by atoms with E-state index in [4.69, 9.17) is 0 Å². The molecule has 2 heteroatoms. The van der Waals surface area contributed by atoms with Crippen LogP contribution in [0.5, 0.6) is 0 Å². The van der Waals surface area contributed by atoms with E-state index in [9.17, 15) is 4.79 Å². The number of benzene rings is 2. The van der Waals surface area contributed by atoms with Gasteiger partial charge in [-0.05, 0) is 0 Å². The molecule has 2 aromatic rings. The summed E-state index contributed by atoms with van der Waals surface area (Å²) in [4.78, 5) is 12.0. The molecular weight excluding hydrogens is 200 g/mol. The Labute approximate surface area is 92.2 Å². The molecule has 2 aromatic carbocycles. The first-order valence-corrected chi connectivity index (χ1v) is 5.94. The Bertz CT molecular complexity index is 460. The predicted octanol–water partition coefficient (Wildman–Crippen LogP) is 0.908. The van der Waals surface area contributed by atoms with Crippen molar-refractivity contribution in [2.75, 3.05) is 0 Å². The largest absolute Gasteiger partial charge is 0.289 e. The summed E-state index contributed by atoms with van der Waals surface area (Å²) in [6.45, 7) is 0. The van der Waals surface area contributed by atoms with E-state index in [0.717, 1.165) is 21.4 Å². The molecule has 0 amide bonds. The van der Waals surface area contributed by atoms with E-state index >= 15 is 0 Å². The van der Waals surface area contributed by atoms with Gasteiger partial charge in [0.15, 0.2) is 5.78 Å². The average Bonchev–Trinajstić information content (AvgIpc) is 2.30. The maximum atomic E-state index is 12.0. The minimum Gasteiger partial charge on any atom is -0.289 e. The van der Waals surface area contributed by atoms with Gasteiger partial charge in [-0.1, -0.05) is 59.8 Å². The van der Waals surface area contributed by atoms with Crippen LogP contribution >= 0.6 is 0 Å². The molecule has 0 aliphatic carbocycles. The van der Waals surface area contributed by atoms with Gasteiger partial charge in [0.2, 0.25) is 0 Å². The summed E-state index contributed by atoms with van der Waals surface area (Å²) >= 11 is 0. The second-order valence-electron chi connectivity index (χ2n) is 3.56. The van der Waals surface area contributed by atoms with Gasteiger partial charge in [-0.15, -0.1) is 0 Å². The Balaban J connectivity index is 2.33. The molecule has 15 heavy (non-hydrogen) atoms. The molecule has 2 rings (SSSR count). The predicted molar refractivity (Wildman–Crippen MR) is 65.9 cm³/mol. The summed E-state index contributed by atoms with van der Waals surface area (Å²) in [6.07, 6.45) is 0. The molecule has 0 bridgehead atoms. The maximum absolute atomic E-state index is 12.0. The van der Waals surface area contributed by atoms with Crippen LogP contribution in [0.25, 0.3) is 0 Å². The summed E-state index contributed by atoms with van der Waals surface area (Å²) in [5.74, 6) is 0.0947. The van der Waals surface area contributed by atoms with Crippen LogP contribution in [0.3, 0.4) is 0 Å². The molecule has 0 N–H and O–H groups in total. The number of hydrogen-bond acceptors (Lipinski definition) is 1. The fraction of sp³-hybridized carbons (Fsp3) is 0. The quantitative estimate of drug-likeness (QED) is 0.534. The van der Waals surface area contributed by atoms with Crippen molar-refractivity contribution in [1.82, 2.24) is 0 Å². The van der Waals surface area contributed by atoms with Crippen LogP contribution in [0, 0.1) is 0 Å². The molecule has 1 nitrogen and oxygen atoms in total. The molecule has 0 heterocycles. The van der Waals surface area contributed by atoms with E-state index < -0.39 is 0 Å². The summed E-state index contributed by atoms with van der Waals surface area (Å²) in [5, 5.41) is 1.31. The number of carbonyl (C=O) groups is 1. The van der Waals surface area contributed by atoms with Gasteiger partial charge in [0.25, 0.3) is 0 Å². The number of ketones is 1. The lowest BCUT2D eigenvalue weighted by Gasteiger charge is -2.01. The molecule has 0 aromatic heterocycles. The molecule has 0 aliphatic rings. The minimum atomic E-state index is 0.0947. The van der Waals surface area contributed by atoms with Gasteiger partial charge in [-0.2, -0.15) is 0 Å². The first-order chi connectivity index (χ1) is 7.27. The van der Waals surface area contributed by atoms with Crippen molar-refractivity contribution in [2.24, 2.45) is 0 Å². The normalized spacial score (nSPS) is 10.1. The molecule has 74 valence electrons. The fourth-order valence-electron chi connectivity index (χ4n) is 1.46. The summed E-state index contributed by atoms with van der Waals surface area (Å²) in [6, 6.07) is 17.2. The van der Waals surface area contributed by atoms with Crippen molar-refractivity contribution in [3.8, 4) is 0 Å². The van der Waals surface area contributed by atoms with Gasteiger partial charge in [-0.3, -0.25) is 4.79 Å². The molecular formula is C13H12OSi. The first-order valence-electron chi connectivity index (χ1n) is 4.94. The minimum absolute atomic E-state index is 0.0947. The van der Waals surface area contributed by atoms with E-state index in [1.165, 1.54) is 5.19 Å². The van der Waals surface area contributed by atoms with Crippen LogP contribution in [0.4, 0.5) is 0 Å². The molecule has 0 unspecified atom stereocenters. The summed E-state index contributed by atoms with van der Waals surface area (Å²) in [7, 11) is 1.03. The molecule has 0 saturated carbocycles. The Hall–Kier alpha value is -1.67. The van der Waals surface area contributed by atoms with Crippen LogP contribution in [-0.2, 0) is 0 Å². The Morgan fingerprint density at radius 1 is 0.800 bits per heavy atom. The van der Waals surface area contributed by atoms with Crippen LogP contribution in [0.2, 0.25) is 0 Å². The van der Waals surface area contributed by atoms with Gasteiger partial charge >= 0.3 is 0 Å². The second kappa shape index (κ2) is 4.23. The van der Waals surface area contributed by atoms with E-state index in [1.54, 1.807) is 0 Å². The van der Waals surface area contributed by atoms with E-state index in [2.05, 4.69) is 0 Å². The van der Waals surface area contributed by atoms with Gasteiger partial charge in [0, 0.05) is 21.4 Å². The highest BCUT2D eigenvalue weighted by atomic mass is 28.1. The SMILES string of the molecule is O=C(c1ccccc1)c1ccc([SiH3])cc1. The zero-order chi connectivity index (χ0) is 10.7. The average molecular weight is 212 g/mol. The van der Waals surface area contributed by atoms with Crippen LogP contribution in [0.15, 0.2) is 54.6 Å². The molecule has 0 saturated heterocycles. The van der Waals surface area contributed by atoms with Gasteiger partial charge in [0.05, 0.1) is 0 Å². The van der Waals surface area contributed by atoms with E-state index in [1.807, 2.05) is 54.6 Å². The second-order valence-corrected chi connectivity index (χ2v) is 4.72. The highest BCUT2D eigenvalue weighted by molar-refractivity contribution is 6.32. The van der Waals surface area contributed by atoms with Crippen molar-refractivity contribution < 1.29 is 4.79 Å². The monoisotopic (exact) mass is 212 g/mol. The van der Waals surface area contributed by atoms with Crippen molar-refractivity contribution in [3.05, 3.63) is 65.7 Å². The lowest BCUT2D eigenvalue weighted by Crippen LogP contribution is -2.05. The molecule has 0 spiro atoms. The number of rotatable bonds is 2. The number of hydrogen-bond donors (Lipinski definition) is 0.